The van der Waals surface area contributed by atoms with Crippen LogP contribution in [0.3, 0.4) is 0 Å². The lowest BCUT2D eigenvalue weighted by Crippen LogP contribution is -2.52. The number of carbonyl (C=O) groups excluding carboxylic acids is 2. The number of nitrogens with zero attached hydrogens (tertiary/aromatic N) is 1. The lowest BCUT2D eigenvalue weighted by atomic mass is 9.99. The second-order valence-corrected chi connectivity index (χ2v) is 8.43. The first-order chi connectivity index (χ1) is 14.0. The van der Waals surface area contributed by atoms with Gasteiger partial charge in [0, 0.05) is 45.6 Å². The van der Waals surface area contributed by atoms with Crippen LogP contribution in [0.4, 0.5) is 0 Å². The lowest BCUT2D eigenvalue weighted by Gasteiger charge is -2.37. The summed E-state index contributed by atoms with van der Waals surface area (Å²) in [4.78, 5) is 25.4. The van der Waals surface area contributed by atoms with Crippen molar-refractivity contribution in [1.29, 1.82) is 0 Å². The molecule has 0 spiro atoms. The molecule has 7 nitrogen and oxygen atoms in total. The van der Waals surface area contributed by atoms with Crippen molar-refractivity contribution in [2.45, 2.75) is 83.3 Å². The molecular formula is C22H43N3O4. The van der Waals surface area contributed by atoms with Crippen LogP contribution in [0.5, 0.6) is 0 Å². The number of carbonyl (C=O) groups is 2. The third kappa shape index (κ3) is 12.2. The summed E-state index contributed by atoms with van der Waals surface area (Å²) in [5.74, 6) is 0.594. The third-order valence-corrected chi connectivity index (χ3v) is 5.78. The fourth-order valence-electron chi connectivity index (χ4n) is 3.90. The molecule has 0 saturated carbocycles. The van der Waals surface area contributed by atoms with Crippen molar-refractivity contribution in [3.63, 3.8) is 0 Å². The molecule has 1 amide bonds. The highest BCUT2D eigenvalue weighted by molar-refractivity contribution is 5.75. The molecule has 1 unspecified atom stereocenters. The highest BCUT2D eigenvalue weighted by Gasteiger charge is 2.26. The van der Waals surface area contributed by atoms with Crippen LogP contribution >= 0.6 is 0 Å². The number of piperidine rings is 1. The van der Waals surface area contributed by atoms with Gasteiger partial charge >= 0.3 is 5.97 Å². The number of hydrogen-bond donors (Lipinski definition) is 2. The van der Waals surface area contributed by atoms with Crippen LogP contribution in [0.15, 0.2) is 0 Å². The molecule has 0 radical (unpaired) electrons. The van der Waals surface area contributed by atoms with Crippen LogP contribution in [-0.4, -0.2) is 69.3 Å². The van der Waals surface area contributed by atoms with Gasteiger partial charge < -0.3 is 25.4 Å². The van der Waals surface area contributed by atoms with Crippen molar-refractivity contribution < 1.29 is 19.1 Å². The van der Waals surface area contributed by atoms with Gasteiger partial charge in [-0.1, -0.05) is 26.2 Å². The molecule has 1 heterocycles. The van der Waals surface area contributed by atoms with Gasteiger partial charge in [-0.25, -0.2) is 0 Å². The number of rotatable bonds is 15. The summed E-state index contributed by atoms with van der Waals surface area (Å²) in [6.45, 7) is 6.00. The Morgan fingerprint density at radius 1 is 1.10 bits per heavy atom. The van der Waals surface area contributed by atoms with E-state index in [4.69, 9.17) is 10.5 Å². The van der Waals surface area contributed by atoms with Crippen molar-refractivity contribution in [2.24, 2.45) is 11.7 Å². The molecule has 0 aromatic rings. The van der Waals surface area contributed by atoms with E-state index in [-0.39, 0.29) is 24.0 Å². The molecule has 1 aliphatic rings. The van der Waals surface area contributed by atoms with E-state index in [1.165, 1.54) is 7.11 Å². The SMILES string of the molecule is COC(=O)CCCCCCCNC(=O)CCCC(C)CN1CC[C@@H](N)[C@@H](OC)C1. The molecule has 1 fully saturated rings. The maximum absolute atomic E-state index is 12.0. The summed E-state index contributed by atoms with van der Waals surface area (Å²) in [6, 6.07) is 0.148. The van der Waals surface area contributed by atoms with Gasteiger partial charge in [0.1, 0.15) is 0 Å². The first kappa shape index (κ1) is 25.9. The van der Waals surface area contributed by atoms with Gasteiger partial charge in [-0.15, -0.1) is 0 Å². The van der Waals surface area contributed by atoms with Crippen LogP contribution in [-0.2, 0) is 19.1 Å². The number of nitrogens with two attached hydrogens (primary N) is 1. The smallest absolute Gasteiger partial charge is 0.305 e. The van der Waals surface area contributed by atoms with Crippen LogP contribution in [0, 0.1) is 5.92 Å². The van der Waals surface area contributed by atoms with Gasteiger partial charge in [-0.05, 0) is 44.6 Å². The highest BCUT2D eigenvalue weighted by Crippen LogP contribution is 2.16. The Bertz CT molecular complexity index is 461. The number of hydrogen-bond acceptors (Lipinski definition) is 6. The monoisotopic (exact) mass is 413 g/mol. The van der Waals surface area contributed by atoms with E-state index in [9.17, 15) is 9.59 Å². The van der Waals surface area contributed by atoms with Crippen LogP contribution in [0.2, 0.25) is 0 Å². The summed E-state index contributed by atoms with van der Waals surface area (Å²) in [5.41, 5.74) is 6.08. The Balaban J connectivity index is 1.97. The average molecular weight is 414 g/mol. The molecule has 7 heteroatoms. The minimum atomic E-state index is -0.133. The molecule has 0 aliphatic carbocycles. The Kier molecular flexibility index (Phi) is 13.9. The molecule has 0 aromatic heterocycles. The molecule has 3 N–H and O–H groups in total. The first-order valence-corrected chi connectivity index (χ1v) is 11.3. The van der Waals surface area contributed by atoms with Gasteiger partial charge in [0.2, 0.25) is 5.91 Å². The quantitative estimate of drug-likeness (QED) is 0.316. The van der Waals surface area contributed by atoms with E-state index < -0.39 is 0 Å². The van der Waals surface area contributed by atoms with Crippen molar-refractivity contribution in [2.75, 3.05) is 40.4 Å². The summed E-state index contributed by atoms with van der Waals surface area (Å²) in [6.07, 6.45) is 9.32. The summed E-state index contributed by atoms with van der Waals surface area (Å²) >= 11 is 0. The van der Waals surface area contributed by atoms with Gasteiger partial charge in [-0.3, -0.25) is 9.59 Å². The summed E-state index contributed by atoms with van der Waals surface area (Å²) in [7, 11) is 3.16. The minimum Gasteiger partial charge on any atom is -0.469 e. The van der Waals surface area contributed by atoms with Crippen LogP contribution < -0.4 is 11.1 Å². The molecular weight excluding hydrogens is 370 g/mol. The maximum Gasteiger partial charge on any atom is 0.305 e. The molecule has 1 aliphatic heterocycles. The van der Waals surface area contributed by atoms with E-state index >= 15 is 0 Å². The van der Waals surface area contributed by atoms with Gasteiger partial charge in [0.15, 0.2) is 0 Å². The van der Waals surface area contributed by atoms with E-state index in [1.54, 1.807) is 7.11 Å². The highest BCUT2D eigenvalue weighted by atomic mass is 16.5. The predicted molar refractivity (Wildman–Crippen MR) is 116 cm³/mol. The van der Waals surface area contributed by atoms with Crippen LogP contribution in [0.25, 0.3) is 0 Å². The number of likely N-dealkylation sites (tertiary alicyclic amines) is 1. The zero-order valence-corrected chi connectivity index (χ0v) is 18.8. The minimum absolute atomic E-state index is 0.133. The van der Waals surface area contributed by atoms with Crippen molar-refractivity contribution in [3.05, 3.63) is 0 Å². The second kappa shape index (κ2) is 15.6. The van der Waals surface area contributed by atoms with E-state index in [2.05, 4.69) is 21.9 Å². The number of unbranched alkanes of at least 4 members (excludes halogenated alkanes) is 4. The fourth-order valence-corrected chi connectivity index (χ4v) is 3.90. The number of nitrogens with one attached hydrogen (secondary N) is 1. The molecule has 1 rings (SSSR count). The Labute approximate surface area is 177 Å². The summed E-state index contributed by atoms with van der Waals surface area (Å²) < 4.78 is 10.1. The molecule has 3 atom stereocenters. The Morgan fingerprint density at radius 2 is 1.83 bits per heavy atom. The van der Waals surface area contributed by atoms with Gasteiger partial charge in [0.25, 0.3) is 0 Å². The van der Waals surface area contributed by atoms with E-state index in [0.717, 1.165) is 77.5 Å². The number of amides is 1. The first-order valence-electron chi connectivity index (χ1n) is 11.3. The molecule has 29 heavy (non-hydrogen) atoms. The zero-order chi connectivity index (χ0) is 21.5. The Hall–Kier alpha value is -1.18. The number of esters is 1. The van der Waals surface area contributed by atoms with Gasteiger partial charge in [-0.2, -0.15) is 0 Å². The van der Waals surface area contributed by atoms with Crippen molar-refractivity contribution in [1.82, 2.24) is 10.2 Å². The van der Waals surface area contributed by atoms with Crippen molar-refractivity contribution >= 4 is 11.9 Å². The number of ether oxygens (including phenoxy) is 2. The molecule has 1 saturated heterocycles. The van der Waals surface area contributed by atoms with Crippen molar-refractivity contribution in [3.8, 4) is 0 Å². The fraction of sp³-hybridized carbons (Fsp3) is 0.909. The largest absolute Gasteiger partial charge is 0.469 e. The Morgan fingerprint density at radius 3 is 2.55 bits per heavy atom. The molecule has 170 valence electrons. The van der Waals surface area contributed by atoms with Gasteiger partial charge in [0.05, 0.1) is 13.2 Å². The third-order valence-electron chi connectivity index (χ3n) is 5.78. The van der Waals surface area contributed by atoms with Crippen LogP contribution in [0.1, 0.15) is 71.1 Å². The maximum atomic E-state index is 12.0. The van der Waals surface area contributed by atoms with E-state index in [1.807, 2.05) is 0 Å². The van der Waals surface area contributed by atoms with E-state index in [0.29, 0.717) is 18.8 Å². The standard InChI is InChI=1S/C22H43N3O4/c1-18(16-25-15-13-19(23)20(17-25)28-2)10-9-11-21(26)24-14-8-6-4-5-7-12-22(27)29-3/h18-20H,4-17,23H2,1-3H3,(H,24,26)/t18?,19-,20+/m1/s1. The molecule has 0 bridgehead atoms. The zero-order valence-electron chi connectivity index (χ0n) is 18.8. The molecule has 0 aromatic carbocycles. The topological polar surface area (TPSA) is 93.9 Å². The second-order valence-electron chi connectivity index (χ2n) is 8.43. The number of methoxy groups -OCH3 is 2. The lowest BCUT2D eigenvalue weighted by molar-refractivity contribution is -0.140. The normalized spacial score (nSPS) is 21.0. The summed E-state index contributed by atoms with van der Waals surface area (Å²) in [5, 5.41) is 3.02. The average Bonchev–Trinajstić information content (AvgIpc) is 2.71. The predicted octanol–water partition coefficient (Wildman–Crippen LogP) is 2.47.